The molecule has 1 aromatic heterocycles. The summed E-state index contributed by atoms with van der Waals surface area (Å²) < 4.78 is 0. The van der Waals surface area contributed by atoms with Crippen LogP contribution in [0.15, 0.2) is 18.5 Å². The highest BCUT2D eigenvalue weighted by Crippen LogP contribution is 2.08. The van der Waals surface area contributed by atoms with Gasteiger partial charge in [-0.2, -0.15) is 5.26 Å². The topological polar surface area (TPSA) is 57.0 Å². The van der Waals surface area contributed by atoms with Crippen LogP contribution >= 0.6 is 0 Å². The van der Waals surface area contributed by atoms with Gasteiger partial charge in [-0.3, -0.25) is 9.78 Å². The molecule has 0 radical (unpaired) electrons. The van der Waals surface area contributed by atoms with E-state index in [0.29, 0.717) is 5.56 Å². The number of hydrogen-bond acceptors (Lipinski definition) is 3. The summed E-state index contributed by atoms with van der Waals surface area (Å²) in [4.78, 5) is 17.6. The lowest BCUT2D eigenvalue weighted by molar-refractivity contribution is 0.0731. The number of aryl methyl sites for hydroxylation is 1. The van der Waals surface area contributed by atoms with Gasteiger partial charge in [0.05, 0.1) is 11.6 Å². The van der Waals surface area contributed by atoms with Crippen molar-refractivity contribution in [1.29, 1.82) is 5.26 Å². The predicted octanol–water partition coefficient (Wildman–Crippen LogP) is 1.76. The van der Waals surface area contributed by atoms with E-state index >= 15 is 0 Å². The minimum absolute atomic E-state index is 0.00709. The zero-order valence-corrected chi connectivity index (χ0v) is 9.77. The van der Waals surface area contributed by atoms with Crippen LogP contribution in [0.25, 0.3) is 0 Å². The van der Waals surface area contributed by atoms with Gasteiger partial charge in [-0.15, -0.1) is 0 Å². The van der Waals surface area contributed by atoms with Gasteiger partial charge in [0.1, 0.15) is 6.54 Å². The average Bonchev–Trinajstić information content (AvgIpc) is 2.24. The van der Waals surface area contributed by atoms with Crippen molar-refractivity contribution in [1.82, 2.24) is 9.88 Å². The average molecular weight is 217 g/mol. The van der Waals surface area contributed by atoms with Gasteiger partial charge in [-0.25, -0.2) is 0 Å². The van der Waals surface area contributed by atoms with E-state index in [1.165, 1.54) is 11.1 Å². The van der Waals surface area contributed by atoms with Crippen molar-refractivity contribution in [2.24, 2.45) is 0 Å². The second-order valence-corrected chi connectivity index (χ2v) is 3.94. The summed E-state index contributed by atoms with van der Waals surface area (Å²) in [5.41, 5.74) is 1.47. The molecule has 1 aromatic rings. The molecule has 84 valence electrons. The highest BCUT2D eigenvalue weighted by Gasteiger charge is 2.18. The van der Waals surface area contributed by atoms with Crippen LogP contribution in [0.3, 0.4) is 0 Å². The van der Waals surface area contributed by atoms with E-state index in [2.05, 4.69) is 4.98 Å². The van der Waals surface area contributed by atoms with E-state index in [1.54, 1.807) is 12.3 Å². The Morgan fingerprint density at radius 3 is 2.75 bits per heavy atom. The minimum Gasteiger partial charge on any atom is -0.323 e. The summed E-state index contributed by atoms with van der Waals surface area (Å²) in [6.07, 6.45) is 3.23. The molecular weight excluding hydrogens is 202 g/mol. The molecule has 0 aliphatic heterocycles. The summed E-state index contributed by atoms with van der Waals surface area (Å²) in [7, 11) is 0. The Labute approximate surface area is 95.5 Å². The molecule has 0 atom stereocenters. The van der Waals surface area contributed by atoms with Crippen LogP contribution in [-0.4, -0.2) is 28.4 Å². The highest BCUT2D eigenvalue weighted by atomic mass is 16.2. The lowest BCUT2D eigenvalue weighted by atomic mass is 10.2. The number of nitrogens with zero attached hydrogens (tertiary/aromatic N) is 3. The third-order valence-electron chi connectivity index (χ3n) is 2.25. The third kappa shape index (κ3) is 2.80. The lowest BCUT2D eigenvalue weighted by Crippen LogP contribution is -2.37. The largest absolute Gasteiger partial charge is 0.323 e. The van der Waals surface area contributed by atoms with Crippen LogP contribution in [0.4, 0.5) is 0 Å². The molecule has 16 heavy (non-hydrogen) atoms. The van der Waals surface area contributed by atoms with Crippen molar-refractivity contribution in [3.8, 4) is 6.07 Å². The zero-order valence-electron chi connectivity index (χ0n) is 9.77. The molecule has 1 amide bonds. The number of rotatable bonds is 3. The summed E-state index contributed by atoms with van der Waals surface area (Å²) in [6, 6.07) is 3.79. The molecule has 0 saturated heterocycles. The molecule has 0 bridgehead atoms. The maximum absolute atomic E-state index is 12.1. The fourth-order valence-electron chi connectivity index (χ4n) is 1.40. The fraction of sp³-hybridized carbons (Fsp3) is 0.417. The van der Waals surface area contributed by atoms with E-state index in [1.807, 2.05) is 26.8 Å². The van der Waals surface area contributed by atoms with Gasteiger partial charge in [-0.05, 0) is 32.4 Å². The Kier molecular flexibility index (Phi) is 4.01. The summed E-state index contributed by atoms with van der Waals surface area (Å²) in [5, 5.41) is 8.68. The minimum atomic E-state index is -0.146. The van der Waals surface area contributed by atoms with Crippen molar-refractivity contribution in [2.45, 2.75) is 26.8 Å². The zero-order chi connectivity index (χ0) is 12.1. The van der Waals surface area contributed by atoms with Crippen LogP contribution in [0.2, 0.25) is 0 Å². The molecule has 0 aromatic carbocycles. The molecule has 0 unspecified atom stereocenters. The van der Waals surface area contributed by atoms with Crippen molar-refractivity contribution in [3.05, 3.63) is 29.6 Å². The Morgan fingerprint density at radius 2 is 2.25 bits per heavy atom. The summed E-state index contributed by atoms with van der Waals surface area (Å²) >= 11 is 0. The van der Waals surface area contributed by atoms with Gasteiger partial charge in [0.2, 0.25) is 0 Å². The molecule has 4 heteroatoms. The molecule has 0 saturated carbocycles. The standard InChI is InChI=1S/C12H15N3O/c1-9(2)15(5-4-13)12(16)11-6-10(3)7-14-8-11/h6-9H,5H2,1-3H3. The lowest BCUT2D eigenvalue weighted by Gasteiger charge is -2.23. The Balaban J connectivity index is 2.95. The number of carbonyl (C=O) groups excluding carboxylic acids is 1. The number of carbonyl (C=O) groups is 1. The van der Waals surface area contributed by atoms with E-state index in [4.69, 9.17) is 5.26 Å². The Hall–Kier alpha value is -1.89. The third-order valence-corrected chi connectivity index (χ3v) is 2.25. The molecule has 0 aliphatic carbocycles. The Bertz CT molecular complexity index is 421. The van der Waals surface area contributed by atoms with Crippen molar-refractivity contribution >= 4 is 5.91 Å². The molecular formula is C12H15N3O. The number of amides is 1. The first-order valence-electron chi connectivity index (χ1n) is 5.16. The van der Waals surface area contributed by atoms with Crippen molar-refractivity contribution in [3.63, 3.8) is 0 Å². The van der Waals surface area contributed by atoms with Gasteiger partial charge in [0, 0.05) is 18.4 Å². The summed E-state index contributed by atoms with van der Waals surface area (Å²) in [5.74, 6) is -0.146. The molecule has 1 heterocycles. The quantitative estimate of drug-likeness (QED) is 0.725. The number of nitriles is 1. The van der Waals surface area contributed by atoms with E-state index < -0.39 is 0 Å². The summed E-state index contributed by atoms with van der Waals surface area (Å²) in [6.45, 7) is 5.76. The molecule has 0 fully saturated rings. The highest BCUT2D eigenvalue weighted by molar-refractivity contribution is 5.94. The maximum Gasteiger partial charge on any atom is 0.256 e. The van der Waals surface area contributed by atoms with Gasteiger partial charge in [-0.1, -0.05) is 0 Å². The van der Waals surface area contributed by atoms with E-state index in [9.17, 15) is 4.79 Å². The smallest absolute Gasteiger partial charge is 0.256 e. The maximum atomic E-state index is 12.1. The first-order chi connectivity index (χ1) is 7.56. The SMILES string of the molecule is Cc1cncc(C(=O)N(CC#N)C(C)C)c1. The molecule has 0 spiro atoms. The normalized spacial score (nSPS) is 9.94. The predicted molar refractivity (Wildman–Crippen MR) is 60.8 cm³/mol. The fourth-order valence-corrected chi connectivity index (χ4v) is 1.40. The van der Waals surface area contributed by atoms with Gasteiger partial charge in [0.25, 0.3) is 5.91 Å². The number of aromatic nitrogens is 1. The van der Waals surface area contributed by atoms with Crippen LogP contribution in [-0.2, 0) is 0 Å². The molecule has 4 nitrogen and oxygen atoms in total. The van der Waals surface area contributed by atoms with Crippen molar-refractivity contribution in [2.75, 3.05) is 6.54 Å². The second-order valence-electron chi connectivity index (χ2n) is 3.94. The van der Waals surface area contributed by atoms with E-state index in [0.717, 1.165) is 5.56 Å². The van der Waals surface area contributed by atoms with Crippen LogP contribution in [0.5, 0.6) is 0 Å². The number of pyridine rings is 1. The monoisotopic (exact) mass is 217 g/mol. The van der Waals surface area contributed by atoms with Gasteiger partial charge in [0.15, 0.2) is 0 Å². The van der Waals surface area contributed by atoms with Crippen LogP contribution in [0.1, 0.15) is 29.8 Å². The first kappa shape index (κ1) is 12.2. The molecule has 0 N–H and O–H groups in total. The molecule has 0 aliphatic rings. The van der Waals surface area contributed by atoms with Crippen LogP contribution in [0, 0.1) is 18.3 Å². The van der Waals surface area contributed by atoms with Gasteiger partial charge >= 0.3 is 0 Å². The van der Waals surface area contributed by atoms with E-state index in [-0.39, 0.29) is 18.5 Å². The van der Waals surface area contributed by atoms with Crippen LogP contribution < -0.4 is 0 Å². The number of hydrogen-bond donors (Lipinski definition) is 0. The Morgan fingerprint density at radius 1 is 1.56 bits per heavy atom. The molecule has 1 rings (SSSR count). The second kappa shape index (κ2) is 5.26. The van der Waals surface area contributed by atoms with Gasteiger partial charge < -0.3 is 4.90 Å². The van der Waals surface area contributed by atoms with Crippen molar-refractivity contribution < 1.29 is 4.79 Å². The first-order valence-corrected chi connectivity index (χ1v) is 5.16.